The Morgan fingerprint density at radius 2 is 2.33 bits per heavy atom. The molecule has 1 N–H and O–H groups in total. The second-order valence-electron chi connectivity index (χ2n) is 4.30. The number of esters is 1. The molecule has 1 heterocycles. The van der Waals surface area contributed by atoms with Crippen LogP contribution in [0.25, 0.3) is 0 Å². The van der Waals surface area contributed by atoms with Crippen LogP contribution in [0.3, 0.4) is 0 Å². The van der Waals surface area contributed by atoms with Crippen LogP contribution in [0.5, 0.6) is 0 Å². The topological polar surface area (TPSA) is 55.4 Å². The number of halogens is 1. The molecular weight excluding hydrogens is 318 g/mol. The number of carbonyl (C=O) groups is 2. The lowest BCUT2D eigenvalue weighted by molar-refractivity contribution is -0.141. The number of hydrogen-bond donors (Lipinski definition) is 1. The molecule has 1 saturated carbocycles. The van der Waals surface area contributed by atoms with Crippen molar-refractivity contribution in [2.75, 3.05) is 7.11 Å². The van der Waals surface area contributed by atoms with E-state index in [1.165, 1.54) is 18.4 Å². The number of carbonyl (C=O) groups excluding carboxylic acids is 2. The van der Waals surface area contributed by atoms with E-state index in [0.717, 1.165) is 17.3 Å². The number of amides is 1. The Bertz CT molecular complexity index is 456. The summed E-state index contributed by atoms with van der Waals surface area (Å²) in [6.07, 6.45) is 2.37. The minimum Gasteiger partial charge on any atom is -0.469 e. The van der Waals surface area contributed by atoms with Gasteiger partial charge in [-0.3, -0.25) is 9.59 Å². The van der Waals surface area contributed by atoms with Gasteiger partial charge >= 0.3 is 5.97 Å². The SMILES string of the molecule is COC(=O)C[C@@H](NC(=O)c1sccc1Br)C1CC1. The van der Waals surface area contributed by atoms with Crippen LogP contribution in [0.15, 0.2) is 15.9 Å². The number of ether oxygens (including phenoxy) is 1. The van der Waals surface area contributed by atoms with Crippen LogP contribution in [0, 0.1) is 5.92 Å². The third-order valence-electron chi connectivity index (χ3n) is 2.95. The van der Waals surface area contributed by atoms with E-state index in [1.807, 2.05) is 11.4 Å². The quantitative estimate of drug-likeness (QED) is 0.843. The van der Waals surface area contributed by atoms with Gasteiger partial charge in [-0.1, -0.05) is 0 Å². The fourth-order valence-electron chi connectivity index (χ4n) is 1.79. The van der Waals surface area contributed by atoms with Crippen LogP contribution >= 0.6 is 27.3 Å². The first-order valence-electron chi connectivity index (χ1n) is 5.72. The Hall–Kier alpha value is -0.880. The molecule has 0 unspecified atom stereocenters. The Kier molecular flexibility index (Phi) is 4.40. The standard InChI is InChI=1S/C12H14BrNO3S/c1-17-10(15)6-9(7-2-3-7)14-12(16)11-8(13)4-5-18-11/h4-5,7,9H,2-3,6H2,1H3,(H,14,16)/t9-/m1/s1. The van der Waals surface area contributed by atoms with E-state index in [1.54, 1.807) is 0 Å². The van der Waals surface area contributed by atoms with Crippen molar-refractivity contribution in [3.8, 4) is 0 Å². The molecular formula is C12H14BrNO3S. The van der Waals surface area contributed by atoms with Crippen molar-refractivity contribution in [1.82, 2.24) is 5.32 Å². The van der Waals surface area contributed by atoms with Gasteiger partial charge in [0.15, 0.2) is 0 Å². The fourth-order valence-corrected chi connectivity index (χ4v) is 3.24. The molecule has 2 rings (SSSR count). The summed E-state index contributed by atoms with van der Waals surface area (Å²) in [4.78, 5) is 24.0. The lowest BCUT2D eigenvalue weighted by Gasteiger charge is -2.16. The maximum Gasteiger partial charge on any atom is 0.307 e. The summed E-state index contributed by atoms with van der Waals surface area (Å²) < 4.78 is 5.45. The van der Waals surface area contributed by atoms with E-state index < -0.39 is 0 Å². The zero-order valence-corrected chi connectivity index (χ0v) is 12.3. The molecule has 1 fully saturated rings. The maximum absolute atomic E-state index is 12.1. The third-order valence-corrected chi connectivity index (χ3v) is 4.78. The monoisotopic (exact) mass is 331 g/mol. The van der Waals surface area contributed by atoms with Crippen molar-refractivity contribution in [1.29, 1.82) is 0 Å². The molecule has 0 bridgehead atoms. The molecule has 0 aliphatic heterocycles. The smallest absolute Gasteiger partial charge is 0.307 e. The van der Waals surface area contributed by atoms with Gasteiger partial charge in [0.05, 0.1) is 13.5 Å². The van der Waals surface area contributed by atoms with Gasteiger partial charge in [0.1, 0.15) is 4.88 Å². The van der Waals surface area contributed by atoms with Gasteiger partial charge in [-0.05, 0) is 46.1 Å². The van der Waals surface area contributed by atoms with Gasteiger partial charge in [0.2, 0.25) is 0 Å². The lowest BCUT2D eigenvalue weighted by Crippen LogP contribution is -2.38. The maximum atomic E-state index is 12.1. The van der Waals surface area contributed by atoms with Crippen molar-refractivity contribution >= 4 is 39.1 Å². The zero-order chi connectivity index (χ0) is 13.1. The largest absolute Gasteiger partial charge is 0.469 e. The first kappa shape index (κ1) is 13.5. The highest BCUT2D eigenvalue weighted by atomic mass is 79.9. The lowest BCUT2D eigenvalue weighted by atomic mass is 10.1. The molecule has 0 saturated heterocycles. The predicted molar refractivity (Wildman–Crippen MR) is 72.6 cm³/mol. The normalized spacial score (nSPS) is 16.1. The highest BCUT2D eigenvalue weighted by Crippen LogP contribution is 2.34. The van der Waals surface area contributed by atoms with Crippen LogP contribution < -0.4 is 5.32 Å². The molecule has 18 heavy (non-hydrogen) atoms. The molecule has 98 valence electrons. The molecule has 1 aliphatic rings. The van der Waals surface area contributed by atoms with E-state index in [0.29, 0.717) is 10.8 Å². The van der Waals surface area contributed by atoms with Gasteiger partial charge in [0.25, 0.3) is 5.91 Å². The van der Waals surface area contributed by atoms with Gasteiger partial charge in [-0.2, -0.15) is 0 Å². The van der Waals surface area contributed by atoms with Crippen LogP contribution in [-0.4, -0.2) is 25.0 Å². The summed E-state index contributed by atoms with van der Waals surface area (Å²) >= 11 is 4.71. The molecule has 0 spiro atoms. The Balaban J connectivity index is 1.98. The fraction of sp³-hybridized carbons (Fsp3) is 0.500. The van der Waals surface area contributed by atoms with Crippen molar-refractivity contribution < 1.29 is 14.3 Å². The Morgan fingerprint density at radius 3 is 2.83 bits per heavy atom. The predicted octanol–water partition coefficient (Wildman–Crippen LogP) is 2.58. The third kappa shape index (κ3) is 3.32. The average molecular weight is 332 g/mol. The highest BCUT2D eigenvalue weighted by Gasteiger charge is 2.34. The molecule has 1 amide bonds. The summed E-state index contributed by atoms with van der Waals surface area (Å²) in [5, 5.41) is 4.78. The van der Waals surface area contributed by atoms with Crippen molar-refractivity contribution in [2.24, 2.45) is 5.92 Å². The molecule has 6 heteroatoms. The first-order chi connectivity index (χ1) is 8.61. The number of rotatable bonds is 5. The van der Waals surface area contributed by atoms with E-state index in [4.69, 9.17) is 0 Å². The van der Waals surface area contributed by atoms with Crippen molar-refractivity contribution in [3.05, 3.63) is 20.8 Å². The zero-order valence-electron chi connectivity index (χ0n) is 9.94. The number of hydrogen-bond acceptors (Lipinski definition) is 4. The van der Waals surface area contributed by atoms with Crippen LogP contribution in [0.4, 0.5) is 0 Å². The molecule has 1 aliphatic carbocycles. The summed E-state index contributed by atoms with van der Waals surface area (Å²) in [5.74, 6) is 0.00177. The van der Waals surface area contributed by atoms with Gasteiger partial charge < -0.3 is 10.1 Å². The Morgan fingerprint density at radius 1 is 1.61 bits per heavy atom. The minimum atomic E-state index is -0.280. The van der Waals surface area contributed by atoms with E-state index in [2.05, 4.69) is 26.0 Å². The van der Waals surface area contributed by atoms with Gasteiger partial charge in [-0.25, -0.2) is 0 Å². The Labute approximate surface area is 118 Å². The first-order valence-corrected chi connectivity index (χ1v) is 7.39. The molecule has 0 aromatic carbocycles. The molecule has 4 nitrogen and oxygen atoms in total. The summed E-state index contributed by atoms with van der Waals surface area (Å²) in [5.41, 5.74) is 0. The van der Waals surface area contributed by atoms with Gasteiger partial charge in [0, 0.05) is 10.5 Å². The number of methoxy groups -OCH3 is 1. The highest BCUT2D eigenvalue weighted by molar-refractivity contribution is 9.10. The van der Waals surface area contributed by atoms with E-state index >= 15 is 0 Å². The number of thiophene rings is 1. The molecule has 1 aromatic rings. The summed E-state index contributed by atoms with van der Waals surface area (Å²) in [6.45, 7) is 0. The van der Waals surface area contributed by atoms with E-state index in [-0.39, 0.29) is 24.3 Å². The molecule has 1 atom stereocenters. The second-order valence-corrected chi connectivity index (χ2v) is 6.07. The van der Waals surface area contributed by atoms with Crippen LogP contribution in [0.2, 0.25) is 0 Å². The molecule has 0 radical (unpaired) electrons. The van der Waals surface area contributed by atoms with Crippen LogP contribution in [0.1, 0.15) is 28.9 Å². The van der Waals surface area contributed by atoms with Gasteiger partial charge in [-0.15, -0.1) is 11.3 Å². The average Bonchev–Trinajstić information content (AvgIpc) is 3.10. The van der Waals surface area contributed by atoms with Crippen molar-refractivity contribution in [2.45, 2.75) is 25.3 Å². The summed E-state index contributed by atoms with van der Waals surface area (Å²) in [6, 6.07) is 1.73. The number of nitrogens with one attached hydrogen (secondary N) is 1. The second kappa shape index (κ2) is 5.84. The van der Waals surface area contributed by atoms with Crippen LogP contribution in [-0.2, 0) is 9.53 Å². The van der Waals surface area contributed by atoms with Crippen molar-refractivity contribution in [3.63, 3.8) is 0 Å². The minimum absolute atomic E-state index is 0.112. The van der Waals surface area contributed by atoms with E-state index in [9.17, 15) is 9.59 Å². The summed E-state index contributed by atoms with van der Waals surface area (Å²) in [7, 11) is 1.37. The molecule has 1 aromatic heterocycles.